The predicted molar refractivity (Wildman–Crippen MR) is 188 cm³/mol. The zero-order valence-electron chi connectivity index (χ0n) is 29.2. The van der Waals surface area contributed by atoms with E-state index < -0.39 is 0 Å². The molecule has 1 aliphatic carbocycles. The molecule has 0 aromatic heterocycles. The van der Waals surface area contributed by atoms with Gasteiger partial charge in [0.05, 0.1) is 0 Å². The van der Waals surface area contributed by atoms with E-state index in [2.05, 4.69) is 107 Å². The first-order valence-corrected chi connectivity index (χ1v) is 17.2. The third kappa shape index (κ3) is 13.9. The van der Waals surface area contributed by atoms with E-state index in [1.807, 2.05) is 17.8 Å². The second-order valence-corrected chi connectivity index (χ2v) is 17.1. The van der Waals surface area contributed by atoms with Gasteiger partial charge in [0, 0.05) is 11.1 Å². The lowest BCUT2D eigenvalue weighted by molar-refractivity contribution is -0.300. The van der Waals surface area contributed by atoms with Crippen molar-refractivity contribution < 1.29 is 9.90 Å². The van der Waals surface area contributed by atoms with Crippen LogP contribution >= 0.6 is 11.8 Å². The molecular formula is C40H59O2S-. The Balaban J connectivity index is 2.42. The average molecular weight is 604 g/mol. The minimum absolute atomic E-state index is 0.156. The molecule has 1 aliphatic heterocycles. The van der Waals surface area contributed by atoms with Crippen molar-refractivity contribution in [3.63, 3.8) is 0 Å². The highest BCUT2D eigenvalue weighted by molar-refractivity contribution is 8.06. The molecule has 0 fully saturated rings. The summed E-state index contributed by atoms with van der Waals surface area (Å²) in [5.41, 5.74) is 5.17. The van der Waals surface area contributed by atoms with Gasteiger partial charge in [-0.05, 0) is 126 Å². The molecule has 0 spiro atoms. The fraction of sp³-hybridized carbons (Fsp3) is 0.575. The van der Waals surface area contributed by atoms with Gasteiger partial charge in [0.1, 0.15) is 0 Å². The summed E-state index contributed by atoms with van der Waals surface area (Å²) in [6.07, 6.45) is 20.4. The van der Waals surface area contributed by atoms with E-state index in [-0.39, 0.29) is 27.9 Å². The molecule has 0 saturated carbocycles. The molecule has 3 heteroatoms. The van der Waals surface area contributed by atoms with Crippen LogP contribution in [0.15, 0.2) is 92.0 Å². The van der Waals surface area contributed by atoms with Crippen LogP contribution in [-0.2, 0) is 4.79 Å². The molecule has 0 saturated heterocycles. The molecule has 0 aromatic rings. The maximum absolute atomic E-state index is 13.4. The van der Waals surface area contributed by atoms with Gasteiger partial charge in [0.15, 0.2) is 5.78 Å². The second-order valence-electron chi connectivity index (χ2n) is 15.9. The van der Waals surface area contributed by atoms with Crippen molar-refractivity contribution in [3.05, 3.63) is 92.0 Å². The van der Waals surface area contributed by atoms with Crippen molar-refractivity contribution in [1.82, 2.24) is 0 Å². The van der Waals surface area contributed by atoms with Crippen molar-refractivity contribution >= 4 is 17.5 Å². The Morgan fingerprint density at radius 3 is 2.00 bits per heavy atom. The highest BCUT2D eigenvalue weighted by atomic mass is 32.2. The largest absolute Gasteiger partial charge is 0.871 e. The Labute approximate surface area is 269 Å². The molecule has 2 aliphatic rings. The standard InChI is InChI=1S/C40H60O2S/c1-27(2)13-15-29(5)21-31(22-30(6)17-19-39(7,8)9)25-35-37(41)36(38(35)42)26-32-23-33(16-14-28(3)4)43-34(24-32)18-20-40(10,11)12/h21-28,41H,6,13-20H2,1-5,7-12H3/p-1/b29-21+,31-22+,32-26-,35-25?. The molecule has 0 atom stereocenters. The lowest BCUT2D eigenvalue weighted by Crippen LogP contribution is -2.29. The quantitative estimate of drug-likeness (QED) is 0.146. The molecule has 2 rings (SSSR count). The number of carbonyl (C=O) groups excluding carboxylic acids is 1. The van der Waals surface area contributed by atoms with Gasteiger partial charge in [-0.25, -0.2) is 0 Å². The van der Waals surface area contributed by atoms with E-state index in [1.54, 1.807) is 6.08 Å². The molecular weight excluding hydrogens is 545 g/mol. The smallest absolute Gasteiger partial charge is 0.191 e. The first-order valence-electron chi connectivity index (χ1n) is 16.4. The van der Waals surface area contributed by atoms with Crippen molar-refractivity contribution in [2.45, 2.75) is 128 Å². The lowest BCUT2D eigenvalue weighted by atomic mass is 9.84. The van der Waals surface area contributed by atoms with Gasteiger partial charge >= 0.3 is 0 Å². The van der Waals surface area contributed by atoms with Crippen molar-refractivity contribution in [1.29, 1.82) is 0 Å². The zero-order chi connectivity index (χ0) is 32.5. The minimum atomic E-state index is -0.156. The van der Waals surface area contributed by atoms with Crippen molar-refractivity contribution in [2.75, 3.05) is 0 Å². The van der Waals surface area contributed by atoms with E-state index >= 15 is 0 Å². The summed E-state index contributed by atoms with van der Waals surface area (Å²) in [5.74, 6) is 0.940. The van der Waals surface area contributed by atoms with Gasteiger partial charge in [0.25, 0.3) is 0 Å². The van der Waals surface area contributed by atoms with Crippen molar-refractivity contribution in [3.8, 4) is 0 Å². The molecule has 0 amide bonds. The highest BCUT2D eigenvalue weighted by Crippen LogP contribution is 2.41. The highest BCUT2D eigenvalue weighted by Gasteiger charge is 2.26. The molecule has 0 aromatic carbocycles. The van der Waals surface area contributed by atoms with E-state index in [0.717, 1.165) is 68.1 Å². The Bertz CT molecular complexity index is 1240. The van der Waals surface area contributed by atoms with Gasteiger partial charge in [-0.1, -0.05) is 117 Å². The van der Waals surface area contributed by atoms with Gasteiger partial charge in [-0.2, -0.15) is 0 Å². The molecule has 43 heavy (non-hydrogen) atoms. The van der Waals surface area contributed by atoms with E-state index in [1.165, 1.54) is 15.4 Å². The van der Waals surface area contributed by atoms with Crippen LogP contribution in [-0.4, -0.2) is 5.78 Å². The molecule has 2 nitrogen and oxygen atoms in total. The molecule has 0 bridgehead atoms. The minimum Gasteiger partial charge on any atom is -0.871 e. The van der Waals surface area contributed by atoms with Crippen LogP contribution in [0.25, 0.3) is 0 Å². The molecule has 1 heterocycles. The number of Topliss-reactive ketones (excluding diaryl/α,β-unsaturated/α-hetero) is 1. The third-order valence-electron chi connectivity index (χ3n) is 7.70. The first kappa shape index (κ1) is 36.9. The van der Waals surface area contributed by atoms with Gasteiger partial charge < -0.3 is 5.11 Å². The Hall–Kier alpha value is -2.26. The summed E-state index contributed by atoms with van der Waals surface area (Å²) in [4.78, 5) is 16.0. The van der Waals surface area contributed by atoms with Gasteiger partial charge in [-0.3, -0.25) is 4.79 Å². The number of allylic oxidation sites excluding steroid dienone is 14. The SMILES string of the molecule is C=C(/C=C(C=C1C(=O)C(/C=C2/C=C(CCC(C)C)SC(CCC(C)(C)C)=C2)=C1[O-])\C=C(/C)CCC(C)C)CCC(C)(C)C. The topological polar surface area (TPSA) is 40.1 Å². The van der Waals surface area contributed by atoms with E-state index in [9.17, 15) is 9.90 Å². The van der Waals surface area contributed by atoms with E-state index in [4.69, 9.17) is 0 Å². The fourth-order valence-corrected chi connectivity index (χ4v) is 5.92. The summed E-state index contributed by atoms with van der Waals surface area (Å²) >= 11 is 1.87. The normalized spacial score (nSPS) is 19.0. The summed E-state index contributed by atoms with van der Waals surface area (Å²) in [6.45, 7) is 28.9. The van der Waals surface area contributed by atoms with Crippen LogP contribution in [0.4, 0.5) is 0 Å². The van der Waals surface area contributed by atoms with Crippen LogP contribution in [0.2, 0.25) is 0 Å². The number of rotatable bonds is 14. The summed E-state index contributed by atoms with van der Waals surface area (Å²) < 4.78 is 0. The van der Waals surface area contributed by atoms with Crippen LogP contribution in [0.5, 0.6) is 0 Å². The molecule has 0 unspecified atom stereocenters. The van der Waals surface area contributed by atoms with Crippen LogP contribution in [0, 0.1) is 22.7 Å². The first-order chi connectivity index (χ1) is 19.8. The second kappa shape index (κ2) is 16.2. The van der Waals surface area contributed by atoms with E-state index in [0.29, 0.717) is 17.4 Å². The number of thioether (sulfide) groups is 1. The lowest BCUT2D eigenvalue weighted by Gasteiger charge is -2.29. The maximum Gasteiger partial charge on any atom is 0.191 e. The number of carbonyl (C=O) groups is 1. The average Bonchev–Trinajstić information content (AvgIpc) is 2.89. The molecule has 238 valence electrons. The van der Waals surface area contributed by atoms with Crippen LogP contribution < -0.4 is 5.11 Å². The summed E-state index contributed by atoms with van der Waals surface area (Å²) in [6, 6.07) is 0. The van der Waals surface area contributed by atoms with Crippen LogP contribution in [0.3, 0.4) is 0 Å². The van der Waals surface area contributed by atoms with Crippen molar-refractivity contribution in [2.24, 2.45) is 22.7 Å². The maximum atomic E-state index is 13.4. The summed E-state index contributed by atoms with van der Waals surface area (Å²) in [7, 11) is 0. The Morgan fingerprint density at radius 2 is 1.47 bits per heavy atom. The molecule has 0 radical (unpaired) electrons. The molecule has 0 N–H and O–H groups in total. The fourth-order valence-electron chi connectivity index (χ4n) is 4.77. The van der Waals surface area contributed by atoms with Crippen LogP contribution in [0.1, 0.15) is 128 Å². The van der Waals surface area contributed by atoms with Gasteiger partial charge in [0.2, 0.25) is 0 Å². The monoisotopic (exact) mass is 603 g/mol. The Kier molecular flexibility index (Phi) is 13.9. The summed E-state index contributed by atoms with van der Waals surface area (Å²) in [5, 5.41) is 13.4. The predicted octanol–water partition coefficient (Wildman–Crippen LogP) is 11.5. The number of hydrogen-bond acceptors (Lipinski definition) is 3. The zero-order valence-corrected chi connectivity index (χ0v) is 30.0. The Morgan fingerprint density at radius 1 is 0.884 bits per heavy atom. The third-order valence-corrected chi connectivity index (χ3v) is 8.87. The number of ketones is 1. The number of hydrogen-bond donors (Lipinski definition) is 0. The van der Waals surface area contributed by atoms with Gasteiger partial charge in [-0.15, -0.1) is 0 Å².